The van der Waals surface area contributed by atoms with Crippen LogP contribution in [0.4, 0.5) is 5.69 Å². The van der Waals surface area contributed by atoms with Gasteiger partial charge >= 0.3 is 0 Å². The Kier molecular flexibility index (Phi) is 5.58. The first-order valence-corrected chi connectivity index (χ1v) is 7.58. The molecular weight excluding hydrogens is 298 g/mol. The molecule has 0 fully saturated rings. The van der Waals surface area contributed by atoms with E-state index in [-0.39, 0.29) is 5.91 Å². The molecule has 4 heteroatoms. The molecule has 0 radical (unpaired) electrons. The molecule has 0 saturated carbocycles. The average Bonchev–Trinajstić information content (AvgIpc) is 2.48. The molecule has 3 nitrogen and oxygen atoms in total. The third-order valence-corrected chi connectivity index (χ3v) is 3.82. The van der Waals surface area contributed by atoms with Crippen molar-refractivity contribution in [3.05, 3.63) is 64.2 Å². The second-order valence-corrected chi connectivity index (χ2v) is 5.76. The topological polar surface area (TPSA) is 38.3 Å². The summed E-state index contributed by atoms with van der Waals surface area (Å²) in [5, 5.41) is 3.29. The van der Waals surface area contributed by atoms with Gasteiger partial charge in [0.2, 0.25) is 0 Å². The molecule has 1 amide bonds. The van der Waals surface area contributed by atoms with Gasteiger partial charge in [0.25, 0.3) is 5.91 Å². The average molecular weight is 318 g/mol. The molecule has 0 spiro atoms. The molecule has 0 aromatic heterocycles. The van der Waals surface area contributed by atoms with E-state index in [4.69, 9.17) is 16.3 Å². The van der Waals surface area contributed by atoms with Gasteiger partial charge in [0.1, 0.15) is 6.10 Å². The van der Waals surface area contributed by atoms with E-state index >= 15 is 0 Å². The van der Waals surface area contributed by atoms with Crippen molar-refractivity contribution in [1.29, 1.82) is 0 Å². The molecule has 2 aromatic carbocycles. The molecule has 0 aliphatic heterocycles. The second kappa shape index (κ2) is 7.43. The first-order chi connectivity index (χ1) is 10.5. The van der Waals surface area contributed by atoms with Gasteiger partial charge < -0.3 is 10.1 Å². The zero-order chi connectivity index (χ0) is 16.1. The van der Waals surface area contributed by atoms with E-state index in [1.165, 1.54) is 11.1 Å². The van der Waals surface area contributed by atoms with Gasteiger partial charge in [-0.2, -0.15) is 0 Å². The third kappa shape index (κ3) is 4.33. The molecular formula is C18H20ClNO2. The van der Waals surface area contributed by atoms with Crippen molar-refractivity contribution in [2.24, 2.45) is 0 Å². The lowest BCUT2D eigenvalue weighted by atomic mass is 10.1. The molecule has 1 N–H and O–H groups in total. The van der Waals surface area contributed by atoms with Gasteiger partial charge in [-0.25, -0.2) is 0 Å². The summed E-state index contributed by atoms with van der Waals surface area (Å²) in [7, 11) is 0. The van der Waals surface area contributed by atoms with Crippen LogP contribution in [0.5, 0.6) is 0 Å². The Morgan fingerprint density at radius 2 is 1.95 bits per heavy atom. The maximum atomic E-state index is 12.1. The van der Waals surface area contributed by atoms with Crippen LogP contribution >= 0.6 is 11.6 Å². The highest BCUT2D eigenvalue weighted by molar-refractivity contribution is 6.33. The van der Waals surface area contributed by atoms with Crippen LogP contribution in [0.15, 0.2) is 42.5 Å². The van der Waals surface area contributed by atoms with Crippen molar-refractivity contribution in [3.63, 3.8) is 0 Å². The number of carbonyl (C=O) groups is 1. The summed E-state index contributed by atoms with van der Waals surface area (Å²) in [6.07, 6.45) is -0.558. The lowest BCUT2D eigenvalue weighted by Crippen LogP contribution is -2.27. The Hall–Kier alpha value is -1.84. The molecule has 2 aromatic rings. The Morgan fingerprint density at radius 3 is 2.64 bits per heavy atom. The number of rotatable bonds is 5. The van der Waals surface area contributed by atoms with E-state index < -0.39 is 6.10 Å². The zero-order valence-corrected chi connectivity index (χ0v) is 13.8. The first-order valence-electron chi connectivity index (χ1n) is 7.20. The van der Waals surface area contributed by atoms with Crippen molar-refractivity contribution < 1.29 is 9.53 Å². The van der Waals surface area contributed by atoms with Crippen LogP contribution in [0.2, 0.25) is 5.02 Å². The predicted octanol–water partition coefficient (Wildman–Crippen LogP) is 4.50. The Bertz CT molecular complexity index is 670. The van der Waals surface area contributed by atoms with E-state index in [2.05, 4.69) is 18.3 Å². The molecule has 2 rings (SSSR count). The fourth-order valence-corrected chi connectivity index (χ4v) is 2.28. The zero-order valence-electron chi connectivity index (χ0n) is 13.0. The molecule has 0 bridgehead atoms. The van der Waals surface area contributed by atoms with Crippen molar-refractivity contribution in [2.75, 3.05) is 5.32 Å². The SMILES string of the molecule is Cc1ccc(COC(C)C(=O)Nc2ccccc2Cl)c(C)c1. The molecule has 0 aliphatic rings. The van der Waals surface area contributed by atoms with Crippen molar-refractivity contribution >= 4 is 23.2 Å². The second-order valence-electron chi connectivity index (χ2n) is 5.35. The lowest BCUT2D eigenvalue weighted by Gasteiger charge is -2.15. The monoisotopic (exact) mass is 317 g/mol. The van der Waals surface area contributed by atoms with E-state index in [1.807, 2.05) is 31.2 Å². The highest BCUT2D eigenvalue weighted by Crippen LogP contribution is 2.21. The number of benzene rings is 2. The molecule has 0 saturated heterocycles. The number of para-hydroxylation sites is 1. The summed E-state index contributed by atoms with van der Waals surface area (Å²) in [5.41, 5.74) is 4.06. The van der Waals surface area contributed by atoms with Crippen LogP contribution in [0, 0.1) is 13.8 Å². The van der Waals surface area contributed by atoms with Gasteiger partial charge in [-0.05, 0) is 44.0 Å². The molecule has 0 heterocycles. The Labute approximate surface area is 136 Å². The highest BCUT2D eigenvalue weighted by atomic mass is 35.5. The quantitative estimate of drug-likeness (QED) is 0.881. The summed E-state index contributed by atoms with van der Waals surface area (Å²) in [6, 6.07) is 13.3. The highest BCUT2D eigenvalue weighted by Gasteiger charge is 2.15. The summed E-state index contributed by atoms with van der Waals surface area (Å²) in [4.78, 5) is 12.1. The number of ether oxygens (including phenoxy) is 1. The number of carbonyl (C=O) groups excluding carboxylic acids is 1. The fraction of sp³-hybridized carbons (Fsp3) is 0.278. The van der Waals surface area contributed by atoms with Crippen molar-refractivity contribution in [3.8, 4) is 0 Å². The third-order valence-electron chi connectivity index (χ3n) is 3.49. The maximum absolute atomic E-state index is 12.1. The number of aryl methyl sites for hydroxylation is 2. The number of hydrogen-bond acceptors (Lipinski definition) is 2. The van der Waals surface area contributed by atoms with E-state index in [9.17, 15) is 4.79 Å². The Morgan fingerprint density at radius 1 is 1.23 bits per heavy atom. The smallest absolute Gasteiger partial charge is 0.253 e. The number of nitrogens with one attached hydrogen (secondary N) is 1. The van der Waals surface area contributed by atoms with Crippen LogP contribution in [0.25, 0.3) is 0 Å². The van der Waals surface area contributed by atoms with Gasteiger partial charge in [0.15, 0.2) is 0 Å². The minimum atomic E-state index is -0.558. The number of anilines is 1. The number of halogens is 1. The predicted molar refractivity (Wildman–Crippen MR) is 90.2 cm³/mol. The van der Waals surface area contributed by atoms with Crippen LogP contribution < -0.4 is 5.32 Å². The standard InChI is InChI=1S/C18H20ClNO2/c1-12-8-9-15(13(2)10-12)11-22-14(3)18(21)20-17-7-5-4-6-16(17)19/h4-10,14H,11H2,1-3H3,(H,20,21). The van der Waals surface area contributed by atoms with E-state index in [0.29, 0.717) is 17.3 Å². The number of amides is 1. The molecule has 0 aliphatic carbocycles. The van der Waals surface area contributed by atoms with Crippen molar-refractivity contribution in [1.82, 2.24) is 0 Å². The molecule has 1 unspecified atom stereocenters. The maximum Gasteiger partial charge on any atom is 0.253 e. The van der Waals surface area contributed by atoms with Crippen LogP contribution in [0.1, 0.15) is 23.6 Å². The van der Waals surface area contributed by atoms with Gasteiger partial charge in [-0.3, -0.25) is 4.79 Å². The van der Waals surface area contributed by atoms with E-state index in [1.54, 1.807) is 19.1 Å². The van der Waals surface area contributed by atoms with Crippen LogP contribution in [-0.2, 0) is 16.1 Å². The molecule has 116 valence electrons. The van der Waals surface area contributed by atoms with Gasteiger partial charge in [0.05, 0.1) is 17.3 Å². The Balaban J connectivity index is 1.93. The number of hydrogen-bond donors (Lipinski definition) is 1. The van der Waals surface area contributed by atoms with Crippen molar-refractivity contribution in [2.45, 2.75) is 33.5 Å². The fourth-order valence-electron chi connectivity index (χ4n) is 2.10. The normalized spacial score (nSPS) is 12.0. The van der Waals surface area contributed by atoms with Gasteiger partial charge in [0, 0.05) is 0 Å². The van der Waals surface area contributed by atoms with Gasteiger partial charge in [-0.15, -0.1) is 0 Å². The largest absolute Gasteiger partial charge is 0.364 e. The minimum absolute atomic E-state index is 0.210. The summed E-state index contributed by atoms with van der Waals surface area (Å²) in [5.74, 6) is -0.210. The summed E-state index contributed by atoms with van der Waals surface area (Å²) >= 11 is 6.03. The van der Waals surface area contributed by atoms with Gasteiger partial charge in [-0.1, -0.05) is 47.5 Å². The summed E-state index contributed by atoms with van der Waals surface area (Å²) in [6.45, 7) is 6.23. The minimum Gasteiger partial charge on any atom is -0.364 e. The van der Waals surface area contributed by atoms with Crippen LogP contribution in [-0.4, -0.2) is 12.0 Å². The lowest BCUT2D eigenvalue weighted by molar-refractivity contribution is -0.127. The summed E-state index contributed by atoms with van der Waals surface area (Å²) < 4.78 is 5.67. The molecule has 22 heavy (non-hydrogen) atoms. The van der Waals surface area contributed by atoms with Crippen LogP contribution in [0.3, 0.4) is 0 Å². The van der Waals surface area contributed by atoms with E-state index in [0.717, 1.165) is 5.56 Å². The molecule has 1 atom stereocenters. The first kappa shape index (κ1) is 16.5.